The van der Waals surface area contributed by atoms with Gasteiger partial charge in [-0.3, -0.25) is 4.79 Å². The third-order valence-corrected chi connectivity index (χ3v) is 6.81. The highest BCUT2D eigenvalue weighted by Crippen LogP contribution is 2.56. The number of fused-ring (bicyclic) bond motifs is 1. The molecular formula is C11H12OS2. The minimum absolute atomic E-state index is 0.156. The van der Waals surface area contributed by atoms with E-state index < -0.39 is 0 Å². The Labute approximate surface area is 92.4 Å². The maximum Gasteiger partial charge on any atom is 0.162 e. The van der Waals surface area contributed by atoms with Gasteiger partial charge >= 0.3 is 0 Å². The van der Waals surface area contributed by atoms with Crippen LogP contribution in [0.3, 0.4) is 0 Å². The molecule has 0 aromatic rings. The minimum Gasteiger partial charge on any atom is -0.294 e. The summed E-state index contributed by atoms with van der Waals surface area (Å²) < 4.78 is 0.294. The summed E-state index contributed by atoms with van der Waals surface area (Å²) in [5.74, 6) is 3.41. The molecule has 1 saturated heterocycles. The monoisotopic (exact) mass is 224 g/mol. The van der Waals surface area contributed by atoms with E-state index in [4.69, 9.17) is 0 Å². The Hall–Kier alpha value is -0.150. The Morgan fingerprint density at radius 1 is 1.21 bits per heavy atom. The fourth-order valence-electron chi connectivity index (χ4n) is 2.42. The zero-order valence-corrected chi connectivity index (χ0v) is 9.44. The molecule has 1 spiro atoms. The molecule has 1 nitrogen and oxygen atoms in total. The number of rotatable bonds is 0. The van der Waals surface area contributed by atoms with Crippen molar-refractivity contribution in [3.8, 4) is 0 Å². The number of hydrogen-bond donors (Lipinski definition) is 0. The Bertz CT molecular complexity index is 326. The molecule has 1 aliphatic heterocycles. The Kier molecular flexibility index (Phi) is 2.06. The van der Waals surface area contributed by atoms with E-state index in [-0.39, 0.29) is 5.92 Å². The van der Waals surface area contributed by atoms with Crippen molar-refractivity contribution >= 4 is 29.3 Å². The number of allylic oxidation sites excluding steroid dienone is 4. The fourth-order valence-corrected chi connectivity index (χ4v) is 5.91. The number of thioether (sulfide) groups is 2. The standard InChI is InChI=1S/C11H12OS2/c12-10-4-3-9-2-1-8(10)7-11(9)13-5-6-14-11/h1-4,8-9H,5-7H2. The van der Waals surface area contributed by atoms with Gasteiger partial charge in [0.1, 0.15) is 0 Å². The molecule has 14 heavy (non-hydrogen) atoms. The van der Waals surface area contributed by atoms with Gasteiger partial charge in [-0.05, 0) is 12.5 Å². The third-order valence-electron chi connectivity index (χ3n) is 3.17. The van der Waals surface area contributed by atoms with Crippen molar-refractivity contribution in [2.45, 2.75) is 10.5 Å². The van der Waals surface area contributed by atoms with Crippen molar-refractivity contribution in [1.82, 2.24) is 0 Å². The molecular weight excluding hydrogens is 212 g/mol. The molecule has 4 rings (SSSR count). The molecule has 74 valence electrons. The fraction of sp³-hybridized carbons (Fsp3) is 0.545. The van der Waals surface area contributed by atoms with Crippen LogP contribution in [-0.2, 0) is 4.79 Å². The molecule has 1 heterocycles. The predicted molar refractivity (Wildman–Crippen MR) is 62.5 cm³/mol. The maximum atomic E-state index is 11.7. The van der Waals surface area contributed by atoms with Crippen LogP contribution in [0.15, 0.2) is 24.3 Å². The normalized spacial score (nSPS) is 38.1. The van der Waals surface area contributed by atoms with Crippen molar-refractivity contribution in [3.63, 3.8) is 0 Å². The second-order valence-corrected chi connectivity index (χ2v) is 7.10. The molecule has 0 amide bonds. The number of carbonyl (C=O) groups is 1. The minimum atomic E-state index is 0.156. The van der Waals surface area contributed by atoms with Crippen LogP contribution in [0.1, 0.15) is 6.42 Å². The molecule has 2 atom stereocenters. The molecule has 4 aliphatic rings. The molecule has 0 aromatic carbocycles. The highest BCUT2D eigenvalue weighted by atomic mass is 32.2. The van der Waals surface area contributed by atoms with Crippen LogP contribution >= 0.6 is 23.5 Å². The van der Waals surface area contributed by atoms with Crippen molar-refractivity contribution in [2.75, 3.05) is 11.5 Å². The Morgan fingerprint density at radius 3 is 2.79 bits per heavy atom. The lowest BCUT2D eigenvalue weighted by atomic mass is 9.89. The average molecular weight is 224 g/mol. The summed E-state index contributed by atoms with van der Waals surface area (Å²) in [5, 5.41) is 0. The summed E-state index contributed by atoms with van der Waals surface area (Å²) in [6.07, 6.45) is 9.29. The first-order valence-electron chi connectivity index (χ1n) is 4.98. The van der Waals surface area contributed by atoms with Crippen LogP contribution in [0, 0.1) is 11.8 Å². The van der Waals surface area contributed by atoms with E-state index >= 15 is 0 Å². The number of hydrogen-bond acceptors (Lipinski definition) is 3. The lowest BCUT2D eigenvalue weighted by molar-refractivity contribution is -0.117. The largest absolute Gasteiger partial charge is 0.294 e. The van der Waals surface area contributed by atoms with Gasteiger partial charge in [0.2, 0.25) is 0 Å². The van der Waals surface area contributed by atoms with E-state index in [0.29, 0.717) is 15.8 Å². The van der Waals surface area contributed by atoms with Crippen LogP contribution in [0.4, 0.5) is 0 Å². The van der Waals surface area contributed by atoms with Crippen molar-refractivity contribution in [2.24, 2.45) is 11.8 Å². The second-order valence-electron chi connectivity index (χ2n) is 3.99. The van der Waals surface area contributed by atoms with E-state index in [1.165, 1.54) is 11.5 Å². The molecule has 2 unspecified atom stereocenters. The van der Waals surface area contributed by atoms with Crippen LogP contribution in [0.2, 0.25) is 0 Å². The van der Waals surface area contributed by atoms with Crippen molar-refractivity contribution in [1.29, 1.82) is 0 Å². The van der Waals surface area contributed by atoms with Gasteiger partial charge in [-0.1, -0.05) is 18.2 Å². The Balaban J connectivity index is 2.02. The Morgan fingerprint density at radius 2 is 2.00 bits per heavy atom. The van der Waals surface area contributed by atoms with Gasteiger partial charge in [0.25, 0.3) is 0 Å². The number of ketones is 1. The van der Waals surface area contributed by atoms with Gasteiger partial charge in [-0.15, -0.1) is 23.5 Å². The van der Waals surface area contributed by atoms with E-state index in [0.717, 1.165) is 6.42 Å². The molecule has 3 aliphatic carbocycles. The topological polar surface area (TPSA) is 17.1 Å². The third kappa shape index (κ3) is 1.22. The van der Waals surface area contributed by atoms with Gasteiger partial charge in [0, 0.05) is 23.3 Å². The zero-order chi connectivity index (χ0) is 9.60. The average Bonchev–Trinajstić information content (AvgIpc) is 2.52. The highest BCUT2D eigenvalue weighted by Gasteiger charge is 2.46. The van der Waals surface area contributed by atoms with E-state index in [2.05, 4.69) is 41.8 Å². The summed E-state index contributed by atoms with van der Waals surface area (Å²) in [5.41, 5.74) is 0. The lowest BCUT2D eigenvalue weighted by Gasteiger charge is -2.36. The van der Waals surface area contributed by atoms with E-state index in [1.54, 1.807) is 6.08 Å². The molecule has 1 fully saturated rings. The predicted octanol–water partition coefficient (Wildman–Crippen LogP) is 2.49. The molecule has 0 N–H and O–H groups in total. The highest BCUT2D eigenvalue weighted by molar-refractivity contribution is 8.21. The first-order valence-corrected chi connectivity index (χ1v) is 6.96. The lowest BCUT2D eigenvalue weighted by Crippen LogP contribution is -2.32. The maximum absolute atomic E-state index is 11.7. The molecule has 0 radical (unpaired) electrons. The van der Waals surface area contributed by atoms with Gasteiger partial charge < -0.3 is 0 Å². The van der Waals surface area contributed by atoms with Crippen LogP contribution < -0.4 is 0 Å². The second kappa shape index (κ2) is 3.17. The summed E-state index contributed by atoms with van der Waals surface area (Å²) in [7, 11) is 0. The molecule has 0 aromatic heterocycles. The molecule has 3 heteroatoms. The van der Waals surface area contributed by atoms with Crippen molar-refractivity contribution in [3.05, 3.63) is 24.3 Å². The summed E-state index contributed by atoms with van der Waals surface area (Å²) in [6, 6.07) is 0. The molecule has 0 saturated carbocycles. The van der Waals surface area contributed by atoms with Gasteiger partial charge in [-0.25, -0.2) is 0 Å². The van der Waals surface area contributed by atoms with Crippen molar-refractivity contribution < 1.29 is 4.79 Å². The van der Waals surface area contributed by atoms with Crippen LogP contribution in [0.5, 0.6) is 0 Å². The smallest absolute Gasteiger partial charge is 0.162 e. The summed E-state index contributed by atoms with van der Waals surface area (Å²) in [6.45, 7) is 0. The molecule has 2 bridgehead atoms. The van der Waals surface area contributed by atoms with E-state index in [1.807, 2.05) is 0 Å². The SMILES string of the molecule is O=C1C=CC2C=CC1CC21SCCS1. The van der Waals surface area contributed by atoms with Crippen LogP contribution in [0.25, 0.3) is 0 Å². The van der Waals surface area contributed by atoms with Gasteiger partial charge in [0.05, 0.1) is 4.08 Å². The zero-order valence-electron chi connectivity index (χ0n) is 7.81. The first kappa shape index (κ1) is 9.10. The summed E-state index contributed by atoms with van der Waals surface area (Å²) >= 11 is 4.10. The number of carbonyl (C=O) groups excluding carboxylic acids is 1. The first-order chi connectivity index (χ1) is 6.80. The van der Waals surface area contributed by atoms with Gasteiger partial charge in [-0.2, -0.15) is 0 Å². The van der Waals surface area contributed by atoms with E-state index in [9.17, 15) is 4.79 Å². The van der Waals surface area contributed by atoms with Crippen LogP contribution in [-0.4, -0.2) is 21.4 Å². The van der Waals surface area contributed by atoms with Gasteiger partial charge in [0.15, 0.2) is 5.78 Å². The summed E-state index contributed by atoms with van der Waals surface area (Å²) in [4.78, 5) is 11.7. The quantitative estimate of drug-likeness (QED) is 0.588.